The van der Waals surface area contributed by atoms with Crippen LogP contribution in [0, 0.1) is 5.82 Å². The van der Waals surface area contributed by atoms with E-state index >= 15 is 0 Å². The lowest BCUT2D eigenvalue weighted by atomic mass is 10.1. The molecule has 1 aromatic carbocycles. The van der Waals surface area contributed by atoms with Crippen LogP contribution < -0.4 is 0 Å². The van der Waals surface area contributed by atoms with Gasteiger partial charge in [0.1, 0.15) is 11.5 Å². The van der Waals surface area contributed by atoms with Gasteiger partial charge in [-0.15, -0.1) is 0 Å². The average Bonchev–Trinajstić information content (AvgIpc) is 2.65. The third kappa shape index (κ3) is 1.81. The fourth-order valence-corrected chi connectivity index (χ4v) is 3.03. The Balaban J connectivity index is 2.36. The fourth-order valence-electron chi connectivity index (χ4n) is 3.03. The van der Waals surface area contributed by atoms with E-state index in [-0.39, 0.29) is 24.9 Å². The fraction of sp³-hybridized carbons (Fsp3) is 0.400. The van der Waals surface area contributed by atoms with Crippen LogP contribution in [0.5, 0.6) is 0 Å². The van der Waals surface area contributed by atoms with Crippen LogP contribution in [-0.4, -0.2) is 40.7 Å². The SMILES string of the molecule is CN1CCCc2c(n(CCO)c3c(F)cccc23)C1=O. The molecule has 2 heterocycles. The summed E-state index contributed by atoms with van der Waals surface area (Å²) in [6, 6.07) is 4.91. The van der Waals surface area contributed by atoms with Crippen molar-refractivity contribution in [3.05, 3.63) is 35.3 Å². The molecule has 3 rings (SSSR count). The van der Waals surface area contributed by atoms with Crippen LogP contribution in [0.4, 0.5) is 4.39 Å². The first-order valence-corrected chi connectivity index (χ1v) is 6.81. The zero-order chi connectivity index (χ0) is 14.3. The van der Waals surface area contributed by atoms with Crippen LogP contribution in [0.2, 0.25) is 0 Å². The predicted octanol–water partition coefficient (Wildman–Crippen LogP) is 1.79. The van der Waals surface area contributed by atoms with E-state index in [9.17, 15) is 14.3 Å². The number of benzene rings is 1. The first-order chi connectivity index (χ1) is 9.65. The lowest BCUT2D eigenvalue weighted by Gasteiger charge is -2.16. The molecule has 1 aliphatic heterocycles. The van der Waals surface area contributed by atoms with Gasteiger partial charge in [0.25, 0.3) is 5.91 Å². The van der Waals surface area contributed by atoms with Gasteiger partial charge in [-0.1, -0.05) is 12.1 Å². The number of carbonyl (C=O) groups excluding carboxylic acids is 1. The standard InChI is InChI=1S/C15H17FN2O2/c1-17-7-3-5-11-10-4-2-6-12(16)13(10)18(8-9-19)14(11)15(17)20/h2,4,6,19H,3,5,7-9H2,1H3. The lowest BCUT2D eigenvalue weighted by Crippen LogP contribution is -2.28. The van der Waals surface area contributed by atoms with Gasteiger partial charge in [0, 0.05) is 25.5 Å². The Kier molecular flexibility index (Phi) is 3.22. The molecule has 0 saturated heterocycles. The number of aryl methyl sites for hydroxylation is 1. The normalized spacial score (nSPS) is 15.6. The maximum atomic E-state index is 14.2. The van der Waals surface area contributed by atoms with Crippen LogP contribution in [0.25, 0.3) is 10.9 Å². The van der Waals surface area contributed by atoms with Crippen LogP contribution in [0.3, 0.4) is 0 Å². The minimum absolute atomic E-state index is 0.0958. The molecule has 0 unspecified atom stereocenters. The summed E-state index contributed by atoms with van der Waals surface area (Å²) in [7, 11) is 1.76. The van der Waals surface area contributed by atoms with Gasteiger partial charge < -0.3 is 14.6 Å². The van der Waals surface area contributed by atoms with Gasteiger partial charge in [0.15, 0.2) is 0 Å². The number of nitrogens with zero attached hydrogens (tertiary/aromatic N) is 2. The highest BCUT2D eigenvalue weighted by Crippen LogP contribution is 2.31. The number of amides is 1. The number of hydrogen-bond acceptors (Lipinski definition) is 2. The number of aromatic nitrogens is 1. The summed E-state index contributed by atoms with van der Waals surface area (Å²) in [5.41, 5.74) is 1.86. The highest BCUT2D eigenvalue weighted by Gasteiger charge is 2.28. The largest absolute Gasteiger partial charge is 0.395 e. The number of hydrogen-bond donors (Lipinski definition) is 1. The van der Waals surface area contributed by atoms with Crippen LogP contribution in [-0.2, 0) is 13.0 Å². The van der Waals surface area contributed by atoms with Crippen molar-refractivity contribution in [1.29, 1.82) is 0 Å². The first-order valence-electron chi connectivity index (χ1n) is 6.81. The second-order valence-electron chi connectivity index (χ2n) is 5.17. The number of rotatable bonds is 2. The van der Waals surface area contributed by atoms with Crippen molar-refractivity contribution in [3.8, 4) is 0 Å². The van der Waals surface area contributed by atoms with Gasteiger partial charge in [-0.05, 0) is 24.5 Å². The van der Waals surface area contributed by atoms with Crippen LogP contribution in [0.15, 0.2) is 18.2 Å². The predicted molar refractivity (Wildman–Crippen MR) is 74.3 cm³/mol. The molecule has 20 heavy (non-hydrogen) atoms. The van der Waals surface area contributed by atoms with Gasteiger partial charge in [-0.25, -0.2) is 4.39 Å². The third-order valence-electron chi connectivity index (χ3n) is 3.93. The molecule has 1 aromatic heterocycles. The van der Waals surface area contributed by atoms with Crippen molar-refractivity contribution in [3.63, 3.8) is 0 Å². The van der Waals surface area contributed by atoms with E-state index in [1.807, 2.05) is 6.07 Å². The Morgan fingerprint density at radius 3 is 2.95 bits per heavy atom. The number of halogens is 1. The Hall–Kier alpha value is -1.88. The van der Waals surface area contributed by atoms with Crippen LogP contribution in [0.1, 0.15) is 22.5 Å². The number of fused-ring (bicyclic) bond motifs is 3. The molecule has 1 N–H and O–H groups in total. The summed E-state index contributed by atoms with van der Waals surface area (Å²) in [6.07, 6.45) is 1.62. The van der Waals surface area contributed by atoms with Gasteiger partial charge in [-0.3, -0.25) is 4.79 Å². The number of carbonyl (C=O) groups is 1. The molecule has 0 spiro atoms. The average molecular weight is 276 g/mol. The zero-order valence-electron chi connectivity index (χ0n) is 11.4. The quantitative estimate of drug-likeness (QED) is 0.909. The van der Waals surface area contributed by atoms with Crippen molar-refractivity contribution in [2.24, 2.45) is 0 Å². The minimum Gasteiger partial charge on any atom is -0.395 e. The molecule has 106 valence electrons. The summed E-state index contributed by atoms with van der Waals surface area (Å²) in [5, 5.41) is 10.0. The smallest absolute Gasteiger partial charge is 0.270 e. The third-order valence-corrected chi connectivity index (χ3v) is 3.93. The molecule has 0 atom stereocenters. The number of aliphatic hydroxyl groups excluding tert-OH is 1. The van der Waals surface area contributed by atoms with Gasteiger partial charge >= 0.3 is 0 Å². The van der Waals surface area contributed by atoms with Crippen molar-refractivity contribution < 1.29 is 14.3 Å². The summed E-state index contributed by atoms with van der Waals surface area (Å²) < 4.78 is 15.8. The molecule has 0 bridgehead atoms. The maximum absolute atomic E-state index is 14.2. The summed E-state index contributed by atoms with van der Waals surface area (Å²) in [5.74, 6) is -0.443. The number of para-hydroxylation sites is 1. The van der Waals surface area contributed by atoms with Crippen molar-refractivity contribution in [1.82, 2.24) is 9.47 Å². The molecular weight excluding hydrogens is 259 g/mol. The topological polar surface area (TPSA) is 45.5 Å². The van der Waals surface area contributed by atoms with Gasteiger partial charge in [0.05, 0.1) is 12.1 Å². The molecule has 0 aliphatic carbocycles. The number of aliphatic hydroxyl groups is 1. The Bertz CT molecular complexity index is 678. The van der Waals surface area contributed by atoms with Crippen molar-refractivity contribution in [2.75, 3.05) is 20.2 Å². The van der Waals surface area contributed by atoms with E-state index in [1.54, 1.807) is 22.6 Å². The highest BCUT2D eigenvalue weighted by molar-refractivity contribution is 6.02. The summed E-state index contributed by atoms with van der Waals surface area (Å²) in [4.78, 5) is 14.2. The summed E-state index contributed by atoms with van der Waals surface area (Å²) in [6.45, 7) is 0.803. The Morgan fingerprint density at radius 1 is 1.40 bits per heavy atom. The van der Waals surface area contributed by atoms with E-state index in [0.717, 1.165) is 23.8 Å². The molecule has 4 nitrogen and oxygen atoms in total. The van der Waals surface area contributed by atoms with E-state index in [2.05, 4.69) is 0 Å². The molecule has 1 aliphatic rings. The second-order valence-corrected chi connectivity index (χ2v) is 5.17. The van der Waals surface area contributed by atoms with E-state index in [0.29, 0.717) is 17.8 Å². The molecule has 5 heteroatoms. The molecule has 0 saturated carbocycles. The molecule has 2 aromatic rings. The van der Waals surface area contributed by atoms with Crippen LogP contribution >= 0.6 is 0 Å². The van der Waals surface area contributed by atoms with Gasteiger partial charge in [-0.2, -0.15) is 0 Å². The minimum atomic E-state index is -0.348. The van der Waals surface area contributed by atoms with E-state index in [4.69, 9.17) is 0 Å². The molecule has 0 radical (unpaired) electrons. The zero-order valence-corrected chi connectivity index (χ0v) is 11.4. The van der Waals surface area contributed by atoms with Crippen molar-refractivity contribution in [2.45, 2.75) is 19.4 Å². The second kappa shape index (κ2) is 4.90. The van der Waals surface area contributed by atoms with Gasteiger partial charge in [0.2, 0.25) is 0 Å². The monoisotopic (exact) mass is 276 g/mol. The van der Waals surface area contributed by atoms with E-state index < -0.39 is 0 Å². The highest BCUT2D eigenvalue weighted by atomic mass is 19.1. The summed E-state index contributed by atoms with van der Waals surface area (Å²) >= 11 is 0. The Morgan fingerprint density at radius 2 is 2.20 bits per heavy atom. The lowest BCUT2D eigenvalue weighted by molar-refractivity contribution is 0.0789. The van der Waals surface area contributed by atoms with Crippen molar-refractivity contribution >= 4 is 16.8 Å². The molecule has 0 fully saturated rings. The molecule has 1 amide bonds. The Labute approximate surface area is 116 Å². The van der Waals surface area contributed by atoms with E-state index in [1.165, 1.54) is 6.07 Å². The first kappa shape index (κ1) is 13.1. The maximum Gasteiger partial charge on any atom is 0.270 e. The molecular formula is C15H17FN2O2.